The van der Waals surface area contributed by atoms with Crippen molar-refractivity contribution in [3.8, 4) is 17.0 Å². The van der Waals surface area contributed by atoms with E-state index in [1.165, 1.54) is 11.3 Å². The van der Waals surface area contributed by atoms with Gasteiger partial charge in [-0.2, -0.15) is 5.10 Å². The monoisotopic (exact) mass is 451 g/mol. The fraction of sp³-hybridized carbons (Fsp3) is 0.304. The lowest BCUT2D eigenvalue weighted by Gasteiger charge is -2.07. The van der Waals surface area contributed by atoms with Gasteiger partial charge in [0, 0.05) is 34.9 Å². The number of rotatable bonds is 6. The molecule has 1 amide bonds. The second-order valence-corrected chi connectivity index (χ2v) is 8.89. The average molecular weight is 452 g/mol. The van der Waals surface area contributed by atoms with Crippen LogP contribution in [0.25, 0.3) is 22.3 Å². The highest BCUT2D eigenvalue weighted by atomic mass is 32.1. The molecular formula is C23H25N5O3S. The number of thiazole rings is 1. The van der Waals surface area contributed by atoms with Crippen LogP contribution in [0.1, 0.15) is 28.1 Å². The van der Waals surface area contributed by atoms with Crippen LogP contribution in [0.4, 0.5) is 5.13 Å². The maximum atomic E-state index is 12.6. The Morgan fingerprint density at radius 3 is 2.62 bits per heavy atom. The Kier molecular flexibility index (Phi) is 5.84. The van der Waals surface area contributed by atoms with E-state index in [0.29, 0.717) is 22.8 Å². The van der Waals surface area contributed by atoms with E-state index in [9.17, 15) is 9.59 Å². The summed E-state index contributed by atoms with van der Waals surface area (Å²) in [4.78, 5) is 33.7. The lowest BCUT2D eigenvalue weighted by Crippen LogP contribution is -2.19. The molecule has 8 nitrogen and oxygen atoms in total. The molecule has 0 aliphatic carbocycles. The van der Waals surface area contributed by atoms with Crippen LogP contribution < -0.4 is 15.6 Å². The number of aromatic nitrogens is 4. The Morgan fingerprint density at radius 2 is 1.94 bits per heavy atom. The largest absolute Gasteiger partial charge is 0.497 e. The Balaban J connectivity index is 1.48. The number of nitrogens with zero attached hydrogens (tertiary/aromatic N) is 3. The van der Waals surface area contributed by atoms with Crippen molar-refractivity contribution in [2.45, 2.75) is 33.6 Å². The highest BCUT2D eigenvalue weighted by Gasteiger charge is 2.17. The Bertz CT molecular complexity index is 1370. The summed E-state index contributed by atoms with van der Waals surface area (Å²) in [5, 5.41) is 8.73. The van der Waals surface area contributed by atoms with Gasteiger partial charge in [0.1, 0.15) is 11.4 Å². The first-order chi connectivity index (χ1) is 15.3. The maximum Gasteiger partial charge on any atom is 0.253 e. The molecule has 0 fully saturated rings. The quantitative estimate of drug-likeness (QED) is 0.463. The number of hydrogen-bond donors (Lipinski definition) is 2. The zero-order valence-corrected chi connectivity index (χ0v) is 19.5. The predicted molar refractivity (Wildman–Crippen MR) is 127 cm³/mol. The molecule has 0 aliphatic heterocycles. The molecule has 0 aliphatic rings. The topological polar surface area (TPSA) is 102 Å². The number of nitrogens with one attached hydrogen (secondary N) is 2. The fourth-order valence-corrected chi connectivity index (χ4v) is 4.79. The summed E-state index contributed by atoms with van der Waals surface area (Å²) >= 11 is 1.43. The van der Waals surface area contributed by atoms with Crippen LogP contribution in [-0.2, 0) is 18.3 Å². The minimum Gasteiger partial charge on any atom is -0.497 e. The minimum atomic E-state index is -0.183. The lowest BCUT2D eigenvalue weighted by molar-refractivity contribution is -0.116. The van der Waals surface area contributed by atoms with Gasteiger partial charge in [-0.05, 0) is 57.0 Å². The van der Waals surface area contributed by atoms with Gasteiger partial charge < -0.3 is 15.0 Å². The van der Waals surface area contributed by atoms with Gasteiger partial charge in [-0.3, -0.25) is 14.3 Å². The molecule has 0 atom stereocenters. The maximum absolute atomic E-state index is 12.6. The van der Waals surface area contributed by atoms with Crippen molar-refractivity contribution in [3.63, 3.8) is 0 Å². The normalized spacial score (nSPS) is 11.2. The Hall–Kier alpha value is -3.46. The molecule has 0 saturated carbocycles. The van der Waals surface area contributed by atoms with Gasteiger partial charge in [0.25, 0.3) is 5.56 Å². The van der Waals surface area contributed by atoms with E-state index in [-0.39, 0.29) is 17.9 Å². The summed E-state index contributed by atoms with van der Waals surface area (Å²) < 4.78 is 6.87. The van der Waals surface area contributed by atoms with E-state index in [2.05, 4.69) is 20.4 Å². The third-order valence-electron chi connectivity index (χ3n) is 5.56. The molecule has 4 aromatic rings. The number of carbonyl (C=O) groups excluding carboxylic acids is 1. The Labute approximate surface area is 189 Å². The summed E-state index contributed by atoms with van der Waals surface area (Å²) in [5.41, 5.74) is 4.64. The smallest absolute Gasteiger partial charge is 0.253 e. The van der Waals surface area contributed by atoms with Crippen molar-refractivity contribution in [1.82, 2.24) is 19.7 Å². The highest BCUT2D eigenvalue weighted by Crippen LogP contribution is 2.31. The highest BCUT2D eigenvalue weighted by molar-refractivity contribution is 7.16. The molecule has 0 spiro atoms. The number of H-pyrrole nitrogens is 1. The van der Waals surface area contributed by atoms with E-state index in [1.54, 1.807) is 18.8 Å². The van der Waals surface area contributed by atoms with Crippen molar-refractivity contribution in [2.24, 2.45) is 7.05 Å². The second kappa shape index (κ2) is 8.58. The third-order valence-corrected chi connectivity index (χ3v) is 6.45. The van der Waals surface area contributed by atoms with Crippen LogP contribution in [0.5, 0.6) is 5.75 Å². The number of aryl methyl sites for hydroxylation is 4. The molecule has 0 unspecified atom stereocenters. The number of carbonyl (C=O) groups is 1. The van der Waals surface area contributed by atoms with Crippen molar-refractivity contribution < 1.29 is 9.53 Å². The number of benzene rings is 1. The Morgan fingerprint density at radius 1 is 1.22 bits per heavy atom. The van der Waals surface area contributed by atoms with Crippen LogP contribution in [0, 0.1) is 20.8 Å². The number of anilines is 1. The summed E-state index contributed by atoms with van der Waals surface area (Å²) in [6.45, 7) is 5.79. The van der Waals surface area contributed by atoms with Crippen molar-refractivity contribution in [3.05, 3.63) is 56.3 Å². The van der Waals surface area contributed by atoms with E-state index in [4.69, 9.17) is 4.74 Å². The molecule has 166 valence electrons. The summed E-state index contributed by atoms with van der Waals surface area (Å²) in [7, 11) is 3.43. The molecule has 9 heteroatoms. The third kappa shape index (κ3) is 4.03. The molecular weight excluding hydrogens is 426 g/mol. The van der Waals surface area contributed by atoms with Crippen molar-refractivity contribution in [2.75, 3.05) is 12.4 Å². The van der Waals surface area contributed by atoms with Gasteiger partial charge in [-0.15, -0.1) is 11.3 Å². The summed E-state index contributed by atoms with van der Waals surface area (Å²) in [6, 6.07) is 7.65. The SMILES string of the molecule is COc1ccc(-c2nc(NC(=O)CCc3c(C)c4c(C)nn(C)c4[nH]c3=O)sc2C)cc1. The zero-order valence-electron chi connectivity index (χ0n) is 18.7. The molecule has 1 aromatic carbocycles. The molecule has 0 radical (unpaired) electrons. The number of hydrogen-bond acceptors (Lipinski definition) is 6. The van der Waals surface area contributed by atoms with Crippen LogP contribution in [0.3, 0.4) is 0 Å². The minimum absolute atomic E-state index is 0.179. The average Bonchev–Trinajstić information content (AvgIpc) is 3.26. The number of fused-ring (bicyclic) bond motifs is 1. The van der Waals surface area contributed by atoms with Crippen LogP contribution >= 0.6 is 11.3 Å². The van der Waals surface area contributed by atoms with Crippen molar-refractivity contribution in [1.29, 1.82) is 0 Å². The van der Waals surface area contributed by atoms with Gasteiger partial charge in [0.2, 0.25) is 5.91 Å². The summed E-state index contributed by atoms with van der Waals surface area (Å²) in [6.07, 6.45) is 0.526. The lowest BCUT2D eigenvalue weighted by atomic mass is 10.0. The molecule has 4 rings (SSSR count). The first-order valence-corrected chi connectivity index (χ1v) is 11.1. The number of pyridine rings is 1. The van der Waals surface area contributed by atoms with E-state index in [0.717, 1.165) is 38.5 Å². The number of amides is 1. The predicted octanol–water partition coefficient (Wildman–Crippen LogP) is 3.89. The number of aromatic amines is 1. The number of ether oxygens (including phenoxy) is 1. The molecule has 3 heterocycles. The van der Waals surface area contributed by atoms with E-state index in [1.807, 2.05) is 45.0 Å². The number of methoxy groups -OCH3 is 1. The molecule has 2 N–H and O–H groups in total. The van der Waals surface area contributed by atoms with Gasteiger partial charge in [0.15, 0.2) is 5.13 Å². The zero-order chi connectivity index (χ0) is 23.0. The van der Waals surface area contributed by atoms with Gasteiger partial charge >= 0.3 is 0 Å². The molecule has 32 heavy (non-hydrogen) atoms. The van der Waals surface area contributed by atoms with Gasteiger partial charge in [-0.25, -0.2) is 4.98 Å². The van der Waals surface area contributed by atoms with Crippen LogP contribution in [0.15, 0.2) is 29.1 Å². The molecule has 3 aromatic heterocycles. The molecule has 0 saturated heterocycles. The second-order valence-electron chi connectivity index (χ2n) is 7.69. The van der Waals surface area contributed by atoms with Gasteiger partial charge in [0.05, 0.1) is 18.5 Å². The fourth-order valence-electron chi connectivity index (χ4n) is 3.94. The van der Waals surface area contributed by atoms with Crippen LogP contribution in [-0.4, -0.2) is 32.8 Å². The van der Waals surface area contributed by atoms with Gasteiger partial charge in [-0.1, -0.05) is 0 Å². The first kappa shape index (κ1) is 21.8. The summed E-state index contributed by atoms with van der Waals surface area (Å²) in [5.74, 6) is 0.599. The van der Waals surface area contributed by atoms with Crippen LogP contribution in [0.2, 0.25) is 0 Å². The standard InChI is InChI=1S/C23H25N5O3S/c1-12-17(22(30)26-21-19(12)13(2)27-28(21)4)10-11-18(29)24-23-25-20(14(3)32-23)15-6-8-16(31-5)9-7-15/h6-9H,10-11H2,1-5H3,(H,26,30)(H,24,25,29). The van der Waals surface area contributed by atoms with E-state index < -0.39 is 0 Å². The van der Waals surface area contributed by atoms with E-state index >= 15 is 0 Å². The van der Waals surface area contributed by atoms with Crippen molar-refractivity contribution >= 4 is 33.4 Å². The molecule has 0 bridgehead atoms. The first-order valence-electron chi connectivity index (χ1n) is 10.2.